The van der Waals surface area contributed by atoms with E-state index < -0.39 is 6.10 Å². The molecule has 1 N–H and O–H groups in total. The Labute approximate surface area is 169 Å². The Morgan fingerprint density at radius 2 is 2.04 bits per heavy atom. The van der Waals surface area contributed by atoms with E-state index in [4.69, 9.17) is 4.74 Å². The van der Waals surface area contributed by atoms with Crippen molar-refractivity contribution >= 4 is 21.6 Å². The molecule has 1 aromatic carbocycles. The predicted octanol–water partition coefficient (Wildman–Crippen LogP) is 4.07. The first-order valence-electron chi connectivity index (χ1n) is 9.59. The highest BCUT2D eigenvalue weighted by Gasteiger charge is 2.16. The fraction of sp³-hybridized carbons (Fsp3) is 0.455. The average molecular weight is 401 g/mol. The van der Waals surface area contributed by atoms with E-state index in [0.717, 1.165) is 27.4 Å². The normalized spacial score (nSPS) is 13.1. The molecule has 2 heterocycles. The summed E-state index contributed by atoms with van der Waals surface area (Å²) in [5.41, 5.74) is 2.23. The van der Waals surface area contributed by atoms with Crippen molar-refractivity contribution in [2.24, 2.45) is 0 Å². The molecule has 2 aromatic heterocycles. The summed E-state index contributed by atoms with van der Waals surface area (Å²) >= 11 is 1.54. The van der Waals surface area contributed by atoms with Gasteiger partial charge in [-0.3, -0.25) is 9.36 Å². The molecule has 0 radical (unpaired) electrons. The highest BCUT2D eigenvalue weighted by Crippen LogP contribution is 2.27. The second-order valence-corrected chi connectivity index (χ2v) is 9.30. The van der Waals surface area contributed by atoms with E-state index >= 15 is 0 Å². The Morgan fingerprint density at radius 1 is 1.29 bits per heavy atom. The summed E-state index contributed by atoms with van der Waals surface area (Å²) < 4.78 is 7.26. The van der Waals surface area contributed by atoms with Crippen LogP contribution in [0.25, 0.3) is 10.2 Å². The van der Waals surface area contributed by atoms with Gasteiger partial charge in [-0.15, -0.1) is 11.3 Å². The molecule has 3 rings (SSSR count). The van der Waals surface area contributed by atoms with Gasteiger partial charge in [0.2, 0.25) is 0 Å². The van der Waals surface area contributed by atoms with Crippen LogP contribution in [0.4, 0.5) is 0 Å². The molecule has 5 nitrogen and oxygen atoms in total. The maximum Gasteiger partial charge on any atom is 0.262 e. The molecule has 0 bridgehead atoms. The Morgan fingerprint density at radius 3 is 2.68 bits per heavy atom. The number of aliphatic hydroxyl groups excluding tert-OH is 1. The molecular weight excluding hydrogens is 372 g/mol. The lowest BCUT2D eigenvalue weighted by Gasteiger charge is -2.21. The van der Waals surface area contributed by atoms with Crippen LogP contribution in [0.5, 0.6) is 5.75 Å². The van der Waals surface area contributed by atoms with Gasteiger partial charge in [-0.2, -0.15) is 0 Å². The van der Waals surface area contributed by atoms with Crippen LogP contribution in [-0.4, -0.2) is 27.4 Å². The number of hydrogen-bond donors (Lipinski definition) is 1. The smallest absolute Gasteiger partial charge is 0.262 e. The molecule has 150 valence electrons. The minimum atomic E-state index is -0.803. The molecule has 1 atom stereocenters. The zero-order valence-electron chi connectivity index (χ0n) is 17.2. The summed E-state index contributed by atoms with van der Waals surface area (Å²) in [6.07, 6.45) is 1.58. The van der Waals surface area contributed by atoms with E-state index in [0.29, 0.717) is 5.39 Å². The van der Waals surface area contributed by atoms with Gasteiger partial charge in [-0.25, -0.2) is 4.98 Å². The monoisotopic (exact) mass is 400 g/mol. The highest BCUT2D eigenvalue weighted by molar-refractivity contribution is 7.18. The summed E-state index contributed by atoms with van der Waals surface area (Å²) in [5.74, 6) is 0.749. The Bertz CT molecular complexity index is 1030. The third kappa shape index (κ3) is 4.45. The standard InChI is InChI=1S/C22H28N2O3S/c1-6-17-10-18-20(28-17)23-13-24(21(18)26)11-16(25)12-27-19-8-7-15(9-14(19)2)22(3,4)5/h7-10,13,16,25H,6,11-12H2,1-5H3. The number of aryl methyl sites for hydroxylation is 2. The number of ether oxygens (including phenoxy) is 1. The van der Waals surface area contributed by atoms with E-state index in [-0.39, 0.29) is 24.1 Å². The summed E-state index contributed by atoms with van der Waals surface area (Å²) in [4.78, 5) is 18.9. The molecule has 0 fully saturated rings. The number of hydrogen-bond acceptors (Lipinski definition) is 5. The second kappa shape index (κ2) is 8.05. The van der Waals surface area contributed by atoms with Crippen molar-refractivity contribution in [2.45, 2.75) is 59.1 Å². The van der Waals surface area contributed by atoms with Crippen LogP contribution in [0, 0.1) is 6.92 Å². The summed E-state index contributed by atoms with van der Waals surface area (Å²) in [6, 6.07) is 8.01. The molecule has 0 spiro atoms. The first kappa shape index (κ1) is 20.6. The third-order valence-corrected chi connectivity index (χ3v) is 5.98. The summed E-state index contributed by atoms with van der Waals surface area (Å²) in [5, 5.41) is 11.0. The van der Waals surface area contributed by atoms with Crippen molar-refractivity contribution in [1.82, 2.24) is 9.55 Å². The first-order valence-corrected chi connectivity index (χ1v) is 10.4. The van der Waals surface area contributed by atoms with Gasteiger partial charge < -0.3 is 9.84 Å². The molecule has 0 amide bonds. The first-order chi connectivity index (χ1) is 13.2. The van der Waals surface area contributed by atoms with Crippen LogP contribution in [0.15, 0.2) is 35.4 Å². The molecule has 0 aliphatic carbocycles. The van der Waals surface area contributed by atoms with Crippen LogP contribution in [0.2, 0.25) is 0 Å². The van der Waals surface area contributed by atoms with Gasteiger partial charge in [0.25, 0.3) is 5.56 Å². The van der Waals surface area contributed by atoms with Crippen LogP contribution >= 0.6 is 11.3 Å². The van der Waals surface area contributed by atoms with Crippen LogP contribution in [-0.2, 0) is 18.4 Å². The Balaban J connectivity index is 1.68. The summed E-state index contributed by atoms with van der Waals surface area (Å²) in [7, 11) is 0. The average Bonchev–Trinajstić information content (AvgIpc) is 3.06. The van der Waals surface area contributed by atoms with Crippen molar-refractivity contribution in [3.63, 3.8) is 0 Å². The number of thiophene rings is 1. The predicted molar refractivity (Wildman–Crippen MR) is 115 cm³/mol. The zero-order chi connectivity index (χ0) is 20.5. The van der Waals surface area contributed by atoms with E-state index in [1.54, 1.807) is 0 Å². The minimum Gasteiger partial charge on any atom is -0.491 e. The molecule has 3 aromatic rings. The topological polar surface area (TPSA) is 64.4 Å². The van der Waals surface area contributed by atoms with E-state index in [1.807, 2.05) is 19.1 Å². The second-order valence-electron chi connectivity index (χ2n) is 8.18. The molecule has 28 heavy (non-hydrogen) atoms. The van der Waals surface area contributed by atoms with Crippen molar-refractivity contribution in [3.05, 3.63) is 57.0 Å². The van der Waals surface area contributed by atoms with Crippen LogP contribution in [0.3, 0.4) is 0 Å². The number of rotatable bonds is 6. The fourth-order valence-corrected chi connectivity index (χ4v) is 3.98. The van der Waals surface area contributed by atoms with Crippen molar-refractivity contribution < 1.29 is 9.84 Å². The van der Waals surface area contributed by atoms with Gasteiger partial charge in [0.05, 0.1) is 18.3 Å². The van der Waals surface area contributed by atoms with Gasteiger partial charge in [0.15, 0.2) is 0 Å². The van der Waals surface area contributed by atoms with Gasteiger partial charge in [0.1, 0.15) is 23.3 Å². The van der Waals surface area contributed by atoms with Gasteiger partial charge in [0, 0.05) is 4.88 Å². The van der Waals surface area contributed by atoms with Crippen LogP contribution < -0.4 is 10.3 Å². The number of aromatic nitrogens is 2. The lowest BCUT2D eigenvalue weighted by atomic mass is 9.86. The van der Waals surface area contributed by atoms with Crippen LogP contribution in [0.1, 0.15) is 43.7 Å². The number of fused-ring (bicyclic) bond motifs is 1. The van der Waals surface area contributed by atoms with Crippen molar-refractivity contribution in [1.29, 1.82) is 0 Å². The highest BCUT2D eigenvalue weighted by atomic mass is 32.1. The number of benzene rings is 1. The van der Waals surface area contributed by atoms with E-state index in [9.17, 15) is 9.90 Å². The largest absolute Gasteiger partial charge is 0.491 e. The van der Waals surface area contributed by atoms with Crippen molar-refractivity contribution in [3.8, 4) is 5.75 Å². The Kier molecular flexibility index (Phi) is 5.91. The third-order valence-electron chi connectivity index (χ3n) is 4.80. The lowest BCUT2D eigenvalue weighted by Crippen LogP contribution is -2.30. The van der Waals surface area contributed by atoms with E-state index in [2.05, 4.69) is 44.8 Å². The van der Waals surface area contributed by atoms with E-state index in [1.165, 1.54) is 27.8 Å². The maximum atomic E-state index is 12.6. The van der Waals surface area contributed by atoms with Crippen molar-refractivity contribution in [2.75, 3.05) is 6.61 Å². The molecule has 6 heteroatoms. The lowest BCUT2D eigenvalue weighted by molar-refractivity contribution is 0.0911. The molecular formula is C22H28N2O3S. The molecule has 0 saturated heterocycles. The minimum absolute atomic E-state index is 0.0783. The zero-order valence-corrected chi connectivity index (χ0v) is 18.0. The maximum absolute atomic E-state index is 12.6. The van der Waals surface area contributed by atoms with Gasteiger partial charge in [-0.05, 0) is 42.0 Å². The molecule has 1 unspecified atom stereocenters. The Hall–Kier alpha value is -2.18. The number of aliphatic hydroxyl groups is 1. The van der Waals surface area contributed by atoms with Gasteiger partial charge in [-0.1, -0.05) is 39.8 Å². The molecule has 0 aliphatic rings. The van der Waals surface area contributed by atoms with Gasteiger partial charge >= 0.3 is 0 Å². The molecule has 0 saturated carbocycles. The quantitative estimate of drug-likeness (QED) is 0.678. The molecule has 0 aliphatic heterocycles. The summed E-state index contributed by atoms with van der Waals surface area (Å²) in [6.45, 7) is 10.8. The SMILES string of the molecule is CCc1cc2c(=O)n(CC(O)COc3ccc(C(C)(C)C)cc3C)cnc2s1. The number of nitrogens with zero attached hydrogens (tertiary/aromatic N) is 2. The fourth-order valence-electron chi connectivity index (χ4n) is 3.06.